The van der Waals surface area contributed by atoms with Crippen LogP contribution >= 0.6 is 0 Å². The Balaban J connectivity index is 0.000000133. The summed E-state index contributed by atoms with van der Waals surface area (Å²) in [6.07, 6.45) is 37.0. The van der Waals surface area contributed by atoms with Crippen LogP contribution in [0.4, 0.5) is 0 Å². The van der Waals surface area contributed by atoms with Crippen molar-refractivity contribution in [3.05, 3.63) is 85.1 Å². The van der Waals surface area contributed by atoms with Crippen molar-refractivity contribution in [3.8, 4) is 0 Å². The van der Waals surface area contributed by atoms with Gasteiger partial charge >= 0.3 is 0 Å². The van der Waals surface area contributed by atoms with Crippen molar-refractivity contribution in [2.45, 2.75) is 38.5 Å². The van der Waals surface area contributed by atoms with Gasteiger partial charge in [0, 0.05) is 0 Å². The van der Waals surface area contributed by atoms with Crippen LogP contribution in [0.25, 0.3) is 0 Å². The summed E-state index contributed by atoms with van der Waals surface area (Å²) in [5.74, 6) is 0. The quantitative estimate of drug-likeness (QED) is 0.456. The maximum absolute atomic E-state index is 2.24. The zero-order valence-electron chi connectivity index (χ0n) is 12.3. The predicted molar refractivity (Wildman–Crippen MR) is 91.7 cm³/mol. The first-order valence-electron chi connectivity index (χ1n) is 7.60. The highest BCUT2D eigenvalue weighted by Crippen LogP contribution is 2.05. The zero-order chi connectivity index (χ0) is 14.1. The van der Waals surface area contributed by atoms with E-state index in [-0.39, 0.29) is 0 Å². The largest absolute Gasteiger partial charge is 0.0885 e. The second kappa shape index (κ2) is 13.6. The van der Waals surface area contributed by atoms with Gasteiger partial charge in [0.2, 0.25) is 0 Å². The SMILES string of the molecule is C1=CCC=C1.C1=CCC=C1.C1=CCC=C1.C1=CCCC1. The molecule has 0 aromatic heterocycles. The molecule has 106 valence electrons. The summed E-state index contributed by atoms with van der Waals surface area (Å²) in [4.78, 5) is 0. The number of hydrogen-bond donors (Lipinski definition) is 0. The Morgan fingerprint density at radius 2 is 0.650 bits per heavy atom. The van der Waals surface area contributed by atoms with Crippen LogP contribution in [0.1, 0.15) is 38.5 Å². The fraction of sp³-hybridized carbons (Fsp3) is 0.300. The molecule has 4 aliphatic carbocycles. The number of allylic oxidation sites excluding steroid dienone is 14. The maximum Gasteiger partial charge on any atom is -0.0163 e. The second-order valence-electron chi connectivity index (χ2n) is 4.68. The van der Waals surface area contributed by atoms with Gasteiger partial charge in [-0.05, 0) is 38.5 Å². The van der Waals surface area contributed by atoms with E-state index in [4.69, 9.17) is 0 Å². The van der Waals surface area contributed by atoms with Gasteiger partial charge in [-0.1, -0.05) is 85.1 Å². The summed E-state index contributed by atoms with van der Waals surface area (Å²) in [5, 5.41) is 0. The summed E-state index contributed by atoms with van der Waals surface area (Å²) in [6.45, 7) is 0. The van der Waals surface area contributed by atoms with Gasteiger partial charge in [0.05, 0.1) is 0 Å². The average molecular weight is 266 g/mol. The Hall–Kier alpha value is -1.82. The van der Waals surface area contributed by atoms with E-state index in [1.54, 1.807) is 0 Å². The lowest BCUT2D eigenvalue weighted by atomic mass is 10.4. The predicted octanol–water partition coefficient (Wildman–Crippen LogP) is 6.23. The minimum atomic E-state index is 1.14. The molecular weight excluding hydrogens is 240 g/mol. The lowest BCUT2D eigenvalue weighted by Gasteiger charge is -1.69. The lowest BCUT2D eigenvalue weighted by Crippen LogP contribution is -1.50. The van der Waals surface area contributed by atoms with Crippen LogP contribution < -0.4 is 0 Å². The molecular formula is C20H26. The van der Waals surface area contributed by atoms with Gasteiger partial charge in [-0.3, -0.25) is 0 Å². The molecule has 0 amide bonds. The van der Waals surface area contributed by atoms with Crippen molar-refractivity contribution in [2.24, 2.45) is 0 Å². The van der Waals surface area contributed by atoms with Crippen molar-refractivity contribution < 1.29 is 0 Å². The normalized spacial score (nSPS) is 18.4. The van der Waals surface area contributed by atoms with Crippen LogP contribution in [0.2, 0.25) is 0 Å². The van der Waals surface area contributed by atoms with Crippen molar-refractivity contribution in [3.63, 3.8) is 0 Å². The first-order valence-corrected chi connectivity index (χ1v) is 7.60. The Morgan fingerprint density at radius 1 is 0.350 bits per heavy atom. The maximum atomic E-state index is 2.24. The van der Waals surface area contributed by atoms with Crippen LogP contribution in [0.5, 0.6) is 0 Å². The molecule has 0 saturated carbocycles. The van der Waals surface area contributed by atoms with E-state index in [1.807, 2.05) is 0 Å². The van der Waals surface area contributed by atoms with Crippen molar-refractivity contribution >= 4 is 0 Å². The molecule has 0 unspecified atom stereocenters. The third-order valence-electron chi connectivity index (χ3n) is 2.87. The highest BCUT2D eigenvalue weighted by Gasteiger charge is 1.84. The van der Waals surface area contributed by atoms with Gasteiger partial charge in [-0.15, -0.1) is 0 Å². The summed E-state index contributed by atoms with van der Waals surface area (Å²) in [5.41, 5.74) is 0. The Morgan fingerprint density at radius 3 is 0.750 bits per heavy atom. The molecule has 20 heavy (non-hydrogen) atoms. The molecule has 0 N–H and O–H groups in total. The fourth-order valence-electron chi connectivity index (χ4n) is 1.77. The Labute approximate surface area is 124 Å². The summed E-state index contributed by atoms with van der Waals surface area (Å²) < 4.78 is 0. The molecule has 0 bridgehead atoms. The standard InChI is InChI=1S/C5H8.3C5H6/c4*1-2-4-5-3-1/h1-2H,3-5H2;3*1-4H,5H2. The minimum absolute atomic E-state index is 1.14. The van der Waals surface area contributed by atoms with E-state index < -0.39 is 0 Å². The fourth-order valence-corrected chi connectivity index (χ4v) is 1.77. The highest BCUT2D eigenvalue weighted by atomic mass is 13.9. The van der Waals surface area contributed by atoms with E-state index in [2.05, 4.69) is 85.1 Å². The third-order valence-corrected chi connectivity index (χ3v) is 2.87. The van der Waals surface area contributed by atoms with E-state index in [0.717, 1.165) is 19.3 Å². The highest BCUT2D eigenvalue weighted by molar-refractivity contribution is 5.12. The molecule has 0 aromatic rings. The molecule has 4 rings (SSSR count). The third kappa shape index (κ3) is 11.3. The molecule has 0 aromatic carbocycles. The van der Waals surface area contributed by atoms with Crippen LogP contribution in [-0.4, -0.2) is 0 Å². The summed E-state index contributed by atoms with van der Waals surface area (Å²) >= 11 is 0. The van der Waals surface area contributed by atoms with E-state index in [9.17, 15) is 0 Å². The van der Waals surface area contributed by atoms with Crippen LogP contribution in [0, 0.1) is 0 Å². The van der Waals surface area contributed by atoms with Gasteiger partial charge in [0.15, 0.2) is 0 Å². The van der Waals surface area contributed by atoms with Gasteiger partial charge in [-0.2, -0.15) is 0 Å². The monoisotopic (exact) mass is 266 g/mol. The van der Waals surface area contributed by atoms with Crippen LogP contribution in [0.3, 0.4) is 0 Å². The van der Waals surface area contributed by atoms with Crippen molar-refractivity contribution in [1.29, 1.82) is 0 Å². The minimum Gasteiger partial charge on any atom is -0.0885 e. The van der Waals surface area contributed by atoms with E-state index in [0.29, 0.717) is 0 Å². The molecule has 0 nitrogen and oxygen atoms in total. The van der Waals surface area contributed by atoms with Gasteiger partial charge < -0.3 is 0 Å². The molecule has 0 spiro atoms. The molecule has 0 atom stereocenters. The average Bonchev–Trinajstić information content (AvgIpc) is 3.40. The molecule has 0 saturated heterocycles. The van der Waals surface area contributed by atoms with Crippen LogP contribution in [0.15, 0.2) is 85.1 Å². The van der Waals surface area contributed by atoms with Crippen LogP contribution in [-0.2, 0) is 0 Å². The number of hydrogen-bond acceptors (Lipinski definition) is 0. The number of rotatable bonds is 0. The smallest absolute Gasteiger partial charge is 0.0163 e. The zero-order valence-corrected chi connectivity index (χ0v) is 12.3. The first-order chi connectivity index (χ1) is 10.0. The first kappa shape index (κ1) is 16.2. The summed E-state index contributed by atoms with van der Waals surface area (Å²) in [6, 6.07) is 0. The Kier molecular flexibility index (Phi) is 11.0. The molecule has 0 fully saturated rings. The van der Waals surface area contributed by atoms with Gasteiger partial charge in [-0.25, -0.2) is 0 Å². The molecule has 4 aliphatic rings. The molecule has 0 aliphatic heterocycles. The molecule has 0 heterocycles. The lowest BCUT2D eigenvalue weighted by molar-refractivity contribution is 0.929. The molecule has 0 radical (unpaired) electrons. The molecule has 0 heteroatoms. The van der Waals surface area contributed by atoms with Crippen molar-refractivity contribution in [1.82, 2.24) is 0 Å². The van der Waals surface area contributed by atoms with Crippen molar-refractivity contribution in [2.75, 3.05) is 0 Å². The van der Waals surface area contributed by atoms with Gasteiger partial charge in [0.25, 0.3) is 0 Å². The van der Waals surface area contributed by atoms with E-state index >= 15 is 0 Å². The second-order valence-corrected chi connectivity index (χ2v) is 4.68. The summed E-state index contributed by atoms with van der Waals surface area (Å²) in [7, 11) is 0. The van der Waals surface area contributed by atoms with Gasteiger partial charge in [0.1, 0.15) is 0 Å². The Bertz CT molecular complexity index is 323. The van der Waals surface area contributed by atoms with E-state index in [1.165, 1.54) is 19.3 Å². The topological polar surface area (TPSA) is 0 Å².